The van der Waals surface area contributed by atoms with Gasteiger partial charge in [-0.1, -0.05) is 13.0 Å². The van der Waals surface area contributed by atoms with E-state index in [9.17, 15) is 0 Å². The summed E-state index contributed by atoms with van der Waals surface area (Å²) in [4.78, 5) is 2.45. The summed E-state index contributed by atoms with van der Waals surface area (Å²) < 4.78 is 10.8. The fourth-order valence-corrected chi connectivity index (χ4v) is 3.13. The molecule has 0 bridgehead atoms. The fraction of sp³-hybridized carbons (Fsp3) is 0.625. The highest BCUT2D eigenvalue weighted by atomic mass is 16.7. The molecular formula is C16H24N2O2. The van der Waals surface area contributed by atoms with Crippen LogP contribution < -0.4 is 14.8 Å². The zero-order chi connectivity index (χ0) is 14.1. The lowest BCUT2D eigenvalue weighted by atomic mass is 9.89. The van der Waals surface area contributed by atoms with Crippen molar-refractivity contribution in [2.75, 3.05) is 20.4 Å². The number of ether oxygens (including phenoxy) is 2. The maximum Gasteiger partial charge on any atom is 0.231 e. The van der Waals surface area contributed by atoms with Gasteiger partial charge in [-0.05, 0) is 44.0 Å². The maximum absolute atomic E-state index is 5.43. The van der Waals surface area contributed by atoms with Crippen LogP contribution >= 0.6 is 0 Å². The van der Waals surface area contributed by atoms with E-state index in [1.807, 2.05) is 6.07 Å². The van der Waals surface area contributed by atoms with Gasteiger partial charge in [0, 0.05) is 25.2 Å². The van der Waals surface area contributed by atoms with Gasteiger partial charge in [0.05, 0.1) is 0 Å². The Balaban J connectivity index is 1.59. The molecule has 1 N–H and O–H groups in total. The lowest BCUT2D eigenvalue weighted by molar-refractivity contribution is 0.121. The van der Waals surface area contributed by atoms with E-state index in [0.29, 0.717) is 24.8 Å². The molecule has 1 aromatic carbocycles. The van der Waals surface area contributed by atoms with Crippen molar-refractivity contribution in [1.82, 2.24) is 10.2 Å². The molecule has 0 saturated carbocycles. The minimum Gasteiger partial charge on any atom is -0.454 e. The van der Waals surface area contributed by atoms with Crippen molar-refractivity contribution >= 4 is 0 Å². The Bertz CT molecular complexity index is 478. The molecule has 110 valence electrons. The molecule has 0 aliphatic carbocycles. The largest absolute Gasteiger partial charge is 0.454 e. The standard InChI is InChI=1S/C16H24N2O2/c1-11-9-18(3)12(2)6-14(11)17-8-13-4-5-15-16(7-13)20-10-19-15/h4-5,7,11-12,14,17H,6,8-10H2,1-3H3/t11-,12+,14-/m1/s1. The molecule has 4 heteroatoms. The first kappa shape index (κ1) is 13.7. The van der Waals surface area contributed by atoms with Crippen LogP contribution in [-0.2, 0) is 6.54 Å². The van der Waals surface area contributed by atoms with Crippen molar-refractivity contribution in [3.05, 3.63) is 23.8 Å². The van der Waals surface area contributed by atoms with Gasteiger partial charge in [-0.15, -0.1) is 0 Å². The SMILES string of the molecule is C[C@@H]1CN(C)[C@@H](C)C[C@H]1NCc1ccc2c(c1)OCO2. The fourth-order valence-electron chi connectivity index (χ4n) is 3.13. The topological polar surface area (TPSA) is 33.7 Å². The van der Waals surface area contributed by atoms with Gasteiger partial charge in [0.15, 0.2) is 11.5 Å². The van der Waals surface area contributed by atoms with Gasteiger partial charge in [-0.2, -0.15) is 0 Å². The van der Waals surface area contributed by atoms with E-state index in [1.165, 1.54) is 18.5 Å². The Labute approximate surface area is 121 Å². The van der Waals surface area contributed by atoms with Crippen LogP contribution in [-0.4, -0.2) is 37.4 Å². The normalized spacial score (nSPS) is 29.6. The number of hydrogen-bond donors (Lipinski definition) is 1. The van der Waals surface area contributed by atoms with Gasteiger partial charge in [-0.25, -0.2) is 0 Å². The van der Waals surface area contributed by atoms with E-state index in [1.54, 1.807) is 0 Å². The van der Waals surface area contributed by atoms with Crippen LogP contribution in [0.4, 0.5) is 0 Å². The summed E-state index contributed by atoms with van der Waals surface area (Å²) in [6, 6.07) is 7.44. The molecular weight excluding hydrogens is 252 g/mol. The van der Waals surface area contributed by atoms with Crippen LogP contribution in [0.2, 0.25) is 0 Å². The highest BCUT2D eigenvalue weighted by Crippen LogP contribution is 2.32. The van der Waals surface area contributed by atoms with Gasteiger partial charge in [0.1, 0.15) is 0 Å². The molecule has 2 aliphatic rings. The third kappa shape index (κ3) is 2.76. The van der Waals surface area contributed by atoms with Crippen LogP contribution in [0.5, 0.6) is 11.5 Å². The second kappa shape index (κ2) is 5.62. The highest BCUT2D eigenvalue weighted by Gasteiger charge is 2.28. The van der Waals surface area contributed by atoms with E-state index in [0.717, 1.165) is 18.0 Å². The number of hydrogen-bond acceptors (Lipinski definition) is 4. The molecule has 0 amide bonds. The van der Waals surface area contributed by atoms with E-state index in [2.05, 4.69) is 43.2 Å². The number of nitrogens with one attached hydrogen (secondary N) is 1. The van der Waals surface area contributed by atoms with Crippen molar-refractivity contribution in [3.63, 3.8) is 0 Å². The second-order valence-corrected chi connectivity index (χ2v) is 6.18. The lowest BCUT2D eigenvalue weighted by Gasteiger charge is -2.40. The van der Waals surface area contributed by atoms with Gasteiger partial charge < -0.3 is 19.7 Å². The van der Waals surface area contributed by atoms with Crippen LogP contribution in [0, 0.1) is 5.92 Å². The molecule has 20 heavy (non-hydrogen) atoms. The molecule has 0 radical (unpaired) electrons. The molecule has 3 atom stereocenters. The third-order valence-corrected chi connectivity index (χ3v) is 4.62. The first-order valence-electron chi connectivity index (χ1n) is 7.45. The average Bonchev–Trinajstić information content (AvgIpc) is 2.89. The summed E-state index contributed by atoms with van der Waals surface area (Å²) in [5.74, 6) is 2.41. The van der Waals surface area contributed by atoms with Gasteiger partial charge in [0.25, 0.3) is 0 Å². The average molecular weight is 276 g/mol. The summed E-state index contributed by atoms with van der Waals surface area (Å²) in [5, 5.41) is 3.71. The van der Waals surface area contributed by atoms with Crippen molar-refractivity contribution in [2.24, 2.45) is 5.92 Å². The van der Waals surface area contributed by atoms with Crippen molar-refractivity contribution in [3.8, 4) is 11.5 Å². The van der Waals surface area contributed by atoms with E-state index >= 15 is 0 Å². The Kier molecular flexibility index (Phi) is 3.85. The smallest absolute Gasteiger partial charge is 0.231 e. The number of nitrogens with zero attached hydrogens (tertiary/aromatic N) is 1. The molecule has 0 unspecified atom stereocenters. The second-order valence-electron chi connectivity index (χ2n) is 6.18. The molecule has 3 rings (SSSR count). The summed E-state index contributed by atoms with van der Waals surface area (Å²) in [5.41, 5.74) is 1.26. The summed E-state index contributed by atoms with van der Waals surface area (Å²) in [6.45, 7) is 7.04. The number of benzene rings is 1. The van der Waals surface area contributed by atoms with E-state index in [-0.39, 0.29) is 0 Å². The minimum absolute atomic E-state index is 0.343. The Morgan fingerprint density at radius 3 is 2.90 bits per heavy atom. The highest BCUT2D eigenvalue weighted by molar-refractivity contribution is 5.44. The summed E-state index contributed by atoms with van der Waals surface area (Å²) in [7, 11) is 2.22. The molecule has 1 fully saturated rings. The lowest BCUT2D eigenvalue weighted by Crippen LogP contribution is -2.50. The molecule has 1 saturated heterocycles. The van der Waals surface area contributed by atoms with Gasteiger partial charge in [0.2, 0.25) is 6.79 Å². The Morgan fingerprint density at radius 2 is 2.05 bits per heavy atom. The predicted octanol–water partition coefficient (Wildman–Crippen LogP) is 2.23. The van der Waals surface area contributed by atoms with Crippen LogP contribution in [0.1, 0.15) is 25.8 Å². The molecule has 0 spiro atoms. The first-order chi connectivity index (χ1) is 9.63. The molecule has 0 aromatic heterocycles. The number of likely N-dealkylation sites (tertiary alicyclic amines) is 1. The zero-order valence-corrected chi connectivity index (χ0v) is 12.6. The van der Waals surface area contributed by atoms with Crippen LogP contribution in [0.15, 0.2) is 18.2 Å². The van der Waals surface area contributed by atoms with Gasteiger partial charge in [-0.3, -0.25) is 0 Å². The number of fused-ring (bicyclic) bond motifs is 1. The summed E-state index contributed by atoms with van der Waals surface area (Å²) in [6.07, 6.45) is 1.21. The Hall–Kier alpha value is -1.26. The minimum atomic E-state index is 0.343. The van der Waals surface area contributed by atoms with Crippen molar-refractivity contribution in [2.45, 2.75) is 38.9 Å². The number of rotatable bonds is 3. The number of piperidine rings is 1. The summed E-state index contributed by atoms with van der Waals surface area (Å²) >= 11 is 0. The Morgan fingerprint density at radius 1 is 1.25 bits per heavy atom. The van der Waals surface area contributed by atoms with Crippen LogP contribution in [0.25, 0.3) is 0 Å². The molecule has 2 aliphatic heterocycles. The molecule has 4 nitrogen and oxygen atoms in total. The predicted molar refractivity (Wildman–Crippen MR) is 79.1 cm³/mol. The van der Waals surface area contributed by atoms with Crippen LogP contribution in [0.3, 0.4) is 0 Å². The quantitative estimate of drug-likeness (QED) is 0.918. The van der Waals surface area contributed by atoms with Crippen molar-refractivity contribution < 1.29 is 9.47 Å². The van der Waals surface area contributed by atoms with Gasteiger partial charge >= 0.3 is 0 Å². The van der Waals surface area contributed by atoms with E-state index < -0.39 is 0 Å². The monoisotopic (exact) mass is 276 g/mol. The molecule has 1 aromatic rings. The van der Waals surface area contributed by atoms with E-state index in [4.69, 9.17) is 9.47 Å². The van der Waals surface area contributed by atoms with Crippen molar-refractivity contribution in [1.29, 1.82) is 0 Å². The zero-order valence-electron chi connectivity index (χ0n) is 12.6. The maximum atomic E-state index is 5.43. The molecule has 2 heterocycles. The third-order valence-electron chi connectivity index (χ3n) is 4.62. The first-order valence-corrected chi connectivity index (χ1v) is 7.45.